The van der Waals surface area contributed by atoms with Gasteiger partial charge in [-0.1, -0.05) is 0 Å². The van der Waals surface area contributed by atoms with Crippen molar-refractivity contribution in [2.45, 2.75) is 37.8 Å². The lowest BCUT2D eigenvalue weighted by molar-refractivity contribution is -0.616. The average molecular weight is 502 g/mol. The fourth-order valence-corrected chi connectivity index (χ4v) is 4.06. The molecule has 8 nitrogen and oxygen atoms in total. The highest BCUT2D eigenvalue weighted by Crippen LogP contribution is 2.40. The molecule has 36 heavy (non-hydrogen) atoms. The van der Waals surface area contributed by atoms with E-state index in [0.29, 0.717) is 16.2 Å². The number of pyridine rings is 2. The number of anilines is 1. The quantitative estimate of drug-likeness (QED) is 0.378. The maximum Gasteiger partial charge on any atom is 0.257 e. The number of rotatable bonds is 7. The van der Waals surface area contributed by atoms with Crippen LogP contribution in [0.2, 0.25) is 0 Å². The van der Waals surface area contributed by atoms with Gasteiger partial charge in [0.1, 0.15) is 29.7 Å². The second kappa shape index (κ2) is 10.5. The average Bonchev–Trinajstić information content (AvgIpc) is 2.86. The third kappa shape index (κ3) is 5.74. The number of halogens is 3. The lowest BCUT2D eigenvalue weighted by Crippen LogP contribution is -2.52. The van der Waals surface area contributed by atoms with Crippen LogP contribution in [0.3, 0.4) is 0 Å². The Morgan fingerprint density at radius 1 is 1.28 bits per heavy atom. The largest absolute Gasteiger partial charge is 0.618 e. The Labute approximate surface area is 205 Å². The van der Waals surface area contributed by atoms with E-state index in [9.17, 15) is 28.3 Å². The SMILES string of the molecule is C[C@@H](C(=O)Nc1ccc(Oc2ccc(F)cc2)cn1)N1CCC(F)(F)[C@@H](c2cc[n+]([O-])c(CO)c2)C1. The van der Waals surface area contributed by atoms with Gasteiger partial charge in [0, 0.05) is 31.6 Å². The lowest BCUT2D eigenvalue weighted by atomic mass is 9.86. The summed E-state index contributed by atoms with van der Waals surface area (Å²) in [4.78, 5) is 18.6. The Kier molecular flexibility index (Phi) is 7.41. The zero-order chi connectivity index (χ0) is 25.9. The highest BCUT2D eigenvalue weighted by molar-refractivity contribution is 5.93. The van der Waals surface area contributed by atoms with Crippen LogP contribution in [-0.2, 0) is 11.4 Å². The van der Waals surface area contributed by atoms with Crippen LogP contribution in [0.5, 0.6) is 11.5 Å². The molecule has 1 fully saturated rings. The van der Waals surface area contributed by atoms with Gasteiger partial charge in [-0.2, -0.15) is 4.73 Å². The summed E-state index contributed by atoms with van der Waals surface area (Å²) in [6.45, 7) is 0.959. The number of nitrogens with one attached hydrogen (secondary N) is 1. The predicted octanol–water partition coefficient (Wildman–Crippen LogP) is 3.59. The summed E-state index contributed by atoms with van der Waals surface area (Å²) in [5, 5.41) is 23.7. The number of aromatic nitrogens is 2. The van der Waals surface area contributed by atoms with Crippen molar-refractivity contribution < 1.29 is 32.5 Å². The van der Waals surface area contributed by atoms with Crippen LogP contribution in [0.25, 0.3) is 0 Å². The summed E-state index contributed by atoms with van der Waals surface area (Å²) in [6.07, 6.45) is 2.04. The molecule has 0 saturated carbocycles. The molecule has 0 spiro atoms. The molecule has 0 aliphatic carbocycles. The van der Waals surface area contributed by atoms with Gasteiger partial charge in [-0.3, -0.25) is 9.69 Å². The number of likely N-dealkylation sites (tertiary alicyclic amines) is 1. The van der Waals surface area contributed by atoms with E-state index in [2.05, 4.69) is 10.3 Å². The number of piperidine rings is 1. The first-order chi connectivity index (χ1) is 17.2. The molecule has 190 valence electrons. The minimum atomic E-state index is -3.03. The summed E-state index contributed by atoms with van der Waals surface area (Å²) in [6, 6.07) is 10.5. The topological polar surface area (TPSA) is 102 Å². The number of aliphatic hydroxyl groups is 1. The Hall–Kier alpha value is -3.70. The van der Waals surface area contributed by atoms with E-state index in [1.807, 2.05) is 0 Å². The Balaban J connectivity index is 1.40. The third-order valence-electron chi connectivity index (χ3n) is 6.21. The number of benzene rings is 1. The number of hydrogen-bond donors (Lipinski definition) is 2. The minimum absolute atomic E-state index is 0.0111. The van der Waals surface area contributed by atoms with Crippen LogP contribution in [0.4, 0.5) is 19.0 Å². The predicted molar refractivity (Wildman–Crippen MR) is 124 cm³/mol. The fraction of sp³-hybridized carbons (Fsp3) is 0.320. The molecular weight excluding hydrogens is 477 g/mol. The first-order valence-corrected chi connectivity index (χ1v) is 11.3. The first-order valence-electron chi connectivity index (χ1n) is 11.3. The molecule has 3 aromatic rings. The summed E-state index contributed by atoms with van der Waals surface area (Å²) in [7, 11) is 0. The van der Waals surface area contributed by atoms with Crippen molar-refractivity contribution in [3.8, 4) is 11.5 Å². The van der Waals surface area contributed by atoms with Gasteiger partial charge in [-0.25, -0.2) is 18.2 Å². The van der Waals surface area contributed by atoms with Crippen molar-refractivity contribution in [3.05, 3.63) is 83.2 Å². The molecule has 3 heterocycles. The van der Waals surface area contributed by atoms with Crippen molar-refractivity contribution in [1.29, 1.82) is 0 Å². The third-order valence-corrected chi connectivity index (χ3v) is 6.21. The monoisotopic (exact) mass is 502 g/mol. The van der Waals surface area contributed by atoms with Gasteiger partial charge in [-0.15, -0.1) is 0 Å². The lowest BCUT2D eigenvalue weighted by Gasteiger charge is -2.40. The van der Waals surface area contributed by atoms with Gasteiger partial charge in [0.15, 0.2) is 6.20 Å². The molecule has 1 amide bonds. The molecule has 1 aromatic carbocycles. The molecule has 4 rings (SSSR count). The maximum absolute atomic E-state index is 14.8. The molecular formula is C25H25F3N4O4. The van der Waals surface area contributed by atoms with Crippen molar-refractivity contribution in [2.75, 3.05) is 18.4 Å². The van der Waals surface area contributed by atoms with E-state index in [0.717, 1.165) is 6.20 Å². The smallest absolute Gasteiger partial charge is 0.257 e. The highest BCUT2D eigenvalue weighted by Gasteiger charge is 2.46. The molecule has 0 radical (unpaired) electrons. The number of aliphatic hydroxyl groups excluding tert-OH is 1. The highest BCUT2D eigenvalue weighted by atomic mass is 19.3. The van der Waals surface area contributed by atoms with Crippen LogP contribution >= 0.6 is 0 Å². The zero-order valence-corrected chi connectivity index (χ0v) is 19.4. The van der Waals surface area contributed by atoms with E-state index in [1.54, 1.807) is 17.9 Å². The molecule has 0 bridgehead atoms. The first kappa shape index (κ1) is 25.4. The van der Waals surface area contributed by atoms with Crippen LogP contribution in [0.15, 0.2) is 60.9 Å². The summed E-state index contributed by atoms with van der Waals surface area (Å²) >= 11 is 0. The summed E-state index contributed by atoms with van der Waals surface area (Å²) < 4.78 is 48.6. The number of nitrogens with zero attached hydrogens (tertiary/aromatic N) is 3. The zero-order valence-electron chi connectivity index (χ0n) is 19.4. The number of hydrogen-bond acceptors (Lipinski definition) is 6. The van der Waals surface area contributed by atoms with Crippen LogP contribution in [0, 0.1) is 11.0 Å². The van der Waals surface area contributed by atoms with Crippen molar-refractivity contribution in [1.82, 2.24) is 9.88 Å². The Morgan fingerprint density at radius 2 is 2.00 bits per heavy atom. The summed E-state index contributed by atoms with van der Waals surface area (Å²) in [5.41, 5.74) is 0.205. The minimum Gasteiger partial charge on any atom is -0.618 e. The molecule has 2 N–H and O–H groups in total. The number of ether oxygens (including phenoxy) is 1. The molecule has 1 saturated heterocycles. The Morgan fingerprint density at radius 3 is 2.67 bits per heavy atom. The van der Waals surface area contributed by atoms with Gasteiger partial charge in [0.25, 0.3) is 5.92 Å². The van der Waals surface area contributed by atoms with Crippen molar-refractivity contribution in [3.63, 3.8) is 0 Å². The second-order valence-electron chi connectivity index (χ2n) is 8.59. The maximum atomic E-state index is 14.8. The van der Waals surface area contributed by atoms with Crippen LogP contribution < -0.4 is 14.8 Å². The Bertz CT molecular complexity index is 1210. The van der Waals surface area contributed by atoms with E-state index < -0.39 is 36.8 Å². The summed E-state index contributed by atoms with van der Waals surface area (Å²) in [5.74, 6) is -4.00. The number of carbonyl (C=O) groups excluding carboxylic acids is 1. The van der Waals surface area contributed by atoms with Gasteiger partial charge in [0.2, 0.25) is 11.6 Å². The molecule has 11 heteroatoms. The van der Waals surface area contributed by atoms with Gasteiger partial charge in [-0.05, 0) is 48.9 Å². The molecule has 2 aromatic heterocycles. The van der Waals surface area contributed by atoms with E-state index in [1.165, 1.54) is 48.7 Å². The van der Waals surface area contributed by atoms with Crippen molar-refractivity contribution >= 4 is 11.7 Å². The second-order valence-corrected chi connectivity index (χ2v) is 8.59. The normalized spacial score (nSPS) is 18.4. The van der Waals surface area contributed by atoms with Gasteiger partial charge in [0.05, 0.1) is 18.2 Å². The molecule has 2 atom stereocenters. The number of alkyl halides is 2. The molecule has 1 aliphatic rings. The van der Waals surface area contributed by atoms with Gasteiger partial charge < -0.3 is 20.4 Å². The number of carbonyl (C=O) groups is 1. The standard InChI is InChI=1S/C25H25F3N4O4/c1-16(24(34)30-23-7-6-21(13-29-23)36-20-4-2-18(26)3-5-20)31-11-9-25(27,28)22(14-31)17-8-10-32(35)19(12-17)15-33/h2-8,10,12-13,16,22,33H,9,11,14-15H2,1H3,(H,29,30,34)/t16-,22+/m0/s1. The molecule has 0 unspecified atom stereocenters. The van der Waals surface area contributed by atoms with Crippen LogP contribution in [0.1, 0.15) is 30.5 Å². The van der Waals surface area contributed by atoms with Crippen molar-refractivity contribution in [2.24, 2.45) is 0 Å². The van der Waals surface area contributed by atoms with Gasteiger partial charge >= 0.3 is 0 Å². The van der Waals surface area contributed by atoms with Crippen LogP contribution in [-0.4, -0.2) is 46.0 Å². The van der Waals surface area contributed by atoms with E-state index in [-0.39, 0.29) is 36.0 Å². The molecule has 1 aliphatic heterocycles. The van der Waals surface area contributed by atoms with E-state index in [4.69, 9.17) is 4.74 Å². The van der Waals surface area contributed by atoms with E-state index >= 15 is 0 Å². The fourth-order valence-electron chi connectivity index (χ4n) is 4.06. The number of amides is 1.